The second-order valence-corrected chi connectivity index (χ2v) is 15.9. The summed E-state index contributed by atoms with van der Waals surface area (Å²) >= 11 is 0. The van der Waals surface area contributed by atoms with Crippen LogP contribution in [0.5, 0.6) is 0 Å². The molecule has 286 valence electrons. The number of aliphatic imine (C=N–C) groups is 1. The quantitative estimate of drug-likeness (QED) is 0.0398. The number of benzene rings is 2. The van der Waals surface area contributed by atoms with Gasteiger partial charge in [-0.3, -0.25) is 4.99 Å². The van der Waals surface area contributed by atoms with E-state index in [0.717, 1.165) is 86.3 Å². The molecule has 10 heteroatoms. The molecular weight excluding hydrogens is 679 g/mol. The largest absolute Gasteiger partial charge is 0.478 e. The monoisotopic (exact) mass is 732 g/mol. The fourth-order valence-electron chi connectivity index (χ4n) is 10.4. The zero-order valence-electron chi connectivity index (χ0n) is 31.0. The van der Waals surface area contributed by atoms with Crippen molar-refractivity contribution in [1.82, 2.24) is 10.3 Å². The smallest absolute Gasteiger partial charge is 0.328 e. The topological polar surface area (TPSA) is 172 Å². The Hall–Kier alpha value is -4.70. The minimum atomic E-state index is -0.994. The van der Waals surface area contributed by atoms with Gasteiger partial charge in [0.2, 0.25) is 0 Å². The van der Waals surface area contributed by atoms with Crippen LogP contribution in [0.1, 0.15) is 92.7 Å². The number of H-pyrrole nitrogens is 1. The van der Waals surface area contributed by atoms with Crippen LogP contribution >= 0.6 is 0 Å². The number of fused-ring (bicyclic) bond motifs is 4. The number of nitrogens with zero attached hydrogens (tertiary/aromatic N) is 2. The van der Waals surface area contributed by atoms with Crippen LogP contribution in [0.25, 0.3) is 16.1 Å². The fraction of sp³-hybridized carbons (Fsp3) is 0.500. The molecule has 3 aliphatic carbocycles. The van der Waals surface area contributed by atoms with Crippen LogP contribution in [0.2, 0.25) is 0 Å². The summed E-state index contributed by atoms with van der Waals surface area (Å²) < 4.78 is 0. The van der Waals surface area contributed by atoms with Gasteiger partial charge in [0.25, 0.3) is 0 Å². The molecule has 2 heterocycles. The zero-order valence-corrected chi connectivity index (χ0v) is 31.0. The average Bonchev–Trinajstić information content (AvgIpc) is 3.69. The van der Waals surface area contributed by atoms with E-state index in [2.05, 4.69) is 57.8 Å². The van der Waals surface area contributed by atoms with Crippen molar-refractivity contribution >= 4 is 41.1 Å². The first kappa shape index (κ1) is 37.6. The maximum absolute atomic E-state index is 12.6. The second kappa shape index (κ2) is 17.2. The molecule has 9 atom stereocenters. The number of carboxylic acids is 1. The molecule has 4 bridgehead atoms. The summed E-state index contributed by atoms with van der Waals surface area (Å²) in [6, 6.07) is 14.4. The number of aliphatic carboxylic acids is 1. The van der Waals surface area contributed by atoms with E-state index >= 15 is 0 Å². The van der Waals surface area contributed by atoms with Crippen molar-refractivity contribution in [2.75, 3.05) is 13.2 Å². The Bertz CT molecular complexity index is 1880. The number of rotatable bonds is 18. The molecule has 10 nitrogen and oxygen atoms in total. The minimum absolute atomic E-state index is 0.00343. The number of guanidine groups is 1. The Kier molecular flexibility index (Phi) is 12.0. The molecule has 1 saturated carbocycles. The van der Waals surface area contributed by atoms with E-state index in [4.69, 9.17) is 11.1 Å². The number of carbonyl (C=O) groups excluding carboxylic acids is 2. The number of hydrogen-bond acceptors (Lipinski definition) is 7. The van der Waals surface area contributed by atoms with E-state index in [0.29, 0.717) is 43.6 Å². The molecule has 1 fully saturated rings. The first-order chi connectivity index (χ1) is 26.4. The maximum atomic E-state index is 12.6. The third-order valence-electron chi connectivity index (χ3n) is 12.7. The van der Waals surface area contributed by atoms with Gasteiger partial charge in [0.1, 0.15) is 12.6 Å². The van der Waals surface area contributed by atoms with Crippen molar-refractivity contribution in [1.29, 1.82) is 0 Å². The van der Waals surface area contributed by atoms with Crippen molar-refractivity contribution in [3.8, 4) is 0 Å². The van der Waals surface area contributed by atoms with E-state index in [1.54, 1.807) is 0 Å². The van der Waals surface area contributed by atoms with E-state index in [9.17, 15) is 24.6 Å². The number of nitrogens with two attached hydrogens (primary N) is 1. The Morgan fingerprint density at radius 3 is 2.61 bits per heavy atom. The molecule has 3 aromatic rings. The van der Waals surface area contributed by atoms with Gasteiger partial charge < -0.3 is 41.2 Å². The van der Waals surface area contributed by atoms with Gasteiger partial charge in [0, 0.05) is 31.6 Å². The van der Waals surface area contributed by atoms with Gasteiger partial charge in [-0.05, 0) is 120 Å². The molecule has 0 radical (unpaired) electrons. The fourth-order valence-corrected chi connectivity index (χ4v) is 10.4. The highest BCUT2D eigenvalue weighted by Gasteiger charge is 2.53. The lowest BCUT2D eigenvalue weighted by Gasteiger charge is -2.58. The van der Waals surface area contributed by atoms with Crippen molar-refractivity contribution in [3.63, 3.8) is 0 Å². The van der Waals surface area contributed by atoms with Crippen LogP contribution in [0.4, 0.5) is 5.82 Å². The molecule has 1 aliphatic heterocycles. The Morgan fingerprint density at radius 2 is 1.85 bits per heavy atom. The summed E-state index contributed by atoms with van der Waals surface area (Å²) in [6.45, 7) is 0.634. The summed E-state index contributed by atoms with van der Waals surface area (Å²) in [4.78, 5) is 43.3. The molecule has 0 amide bonds. The van der Waals surface area contributed by atoms with Crippen LogP contribution < -0.4 is 11.1 Å². The number of carbonyl (C=O) groups is 3. The summed E-state index contributed by atoms with van der Waals surface area (Å²) in [7, 11) is 0. The average molecular weight is 733 g/mol. The number of aldehydes is 2. The number of hydrogen-bond donors (Lipinski definition) is 5. The molecule has 7 rings (SSSR count). The van der Waals surface area contributed by atoms with Gasteiger partial charge in [-0.2, -0.15) is 0 Å². The third-order valence-corrected chi connectivity index (χ3v) is 12.7. The van der Waals surface area contributed by atoms with E-state index in [1.165, 1.54) is 22.6 Å². The Labute approximate surface area is 317 Å². The van der Waals surface area contributed by atoms with E-state index in [1.807, 2.05) is 18.3 Å². The Balaban J connectivity index is 1.27. The van der Waals surface area contributed by atoms with Crippen LogP contribution in [-0.2, 0) is 20.8 Å². The summed E-state index contributed by atoms with van der Waals surface area (Å²) in [5, 5.41) is 30.5. The summed E-state index contributed by atoms with van der Waals surface area (Å²) in [5.41, 5.74) is 10.8. The van der Waals surface area contributed by atoms with Gasteiger partial charge in [-0.1, -0.05) is 85.9 Å². The molecule has 6 N–H and O–H groups in total. The predicted molar refractivity (Wildman–Crippen MR) is 212 cm³/mol. The SMILES string of the molecule is NC1=NCC[C@H](/C(=C\C(=O)O)[C@H]([N-]c2ccc[nH]2)[C@H]2CC[C@@H]3c4cc5ccc(CC=O)cc5cc4[C@@H]4[C@H]2[C@H]3C=C[C@H]4CCCCC[C@H](C=O)CCCO)N1. The molecule has 0 saturated heterocycles. The van der Waals surface area contributed by atoms with Crippen LogP contribution in [0, 0.1) is 29.6 Å². The minimum Gasteiger partial charge on any atom is -0.478 e. The van der Waals surface area contributed by atoms with E-state index < -0.39 is 12.0 Å². The number of aliphatic hydroxyl groups excluding tert-OH is 1. The lowest BCUT2D eigenvalue weighted by Crippen LogP contribution is -2.52. The molecule has 0 unspecified atom stereocenters. The number of aromatic amines is 1. The van der Waals surface area contributed by atoms with Crippen molar-refractivity contribution in [2.45, 2.75) is 94.5 Å². The highest BCUT2D eigenvalue weighted by atomic mass is 16.4. The number of unbranched alkanes of at least 4 members (excludes halogenated alkanes) is 2. The maximum Gasteiger partial charge on any atom is 0.328 e. The van der Waals surface area contributed by atoms with Crippen LogP contribution in [-0.4, -0.2) is 64.9 Å². The standard InChI is InChI=1S/C44H54N5O5/c45-44-47-19-16-38(48-44)37(25-40(53)54)43(49-39-9-4-18-46-39)34-15-14-32-33-13-12-29(8-3-1-2-6-28(26-52)7-5-20-50)41(42(33)34)36-24-31-22-27(17-21-51)10-11-30(31)23-35(32)36/h4,9-13,18,21-26,28-29,32-34,38,41-43,46,50H,1-3,5-8,14-17,19-20H2,(H,53,54)(H3,45,47,48)/q-1/b37-25+/t28-,29+,32-,33-,34-,38+,41+,42-,43+/m0/s1. The molecule has 4 aliphatic rings. The van der Waals surface area contributed by atoms with Gasteiger partial charge >= 0.3 is 5.97 Å². The van der Waals surface area contributed by atoms with Gasteiger partial charge in [0.15, 0.2) is 5.96 Å². The highest BCUT2D eigenvalue weighted by molar-refractivity contribution is 5.86. The molecule has 54 heavy (non-hydrogen) atoms. The normalized spacial score (nSPS) is 26.9. The molecular formula is C44H54N5O5-. The number of aliphatic hydroxyl groups is 1. The molecule has 0 spiro atoms. The summed E-state index contributed by atoms with van der Waals surface area (Å²) in [6.07, 6.45) is 19.4. The van der Waals surface area contributed by atoms with Gasteiger partial charge in [-0.25, -0.2) is 4.79 Å². The first-order valence-corrected chi connectivity index (χ1v) is 20.0. The van der Waals surface area contributed by atoms with Gasteiger partial charge in [0.05, 0.1) is 6.04 Å². The number of nitrogens with one attached hydrogen (secondary N) is 2. The number of carboxylic acid groups (broad SMARTS) is 1. The lowest BCUT2D eigenvalue weighted by molar-refractivity contribution is -0.131. The number of allylic oxidation sites excluding steroid dienone is 2. The molecule has 2 aromatic carbocycles. The van der Waals surface area contributed by atoms with Crippen LogP contribution in [0.15, 0.2) is 77.5 Å². The second-order valence-electron chi connectivity index (χ2n) is 15.9. The van der Waals surface area contributed by atoms with Crippen LogP contribution in [0.3, 0.4) is 0 Å². The highest BCUT2D eigenvalue weighted by Crippen LogP contribution is 2.63. The van der Waals surface area contributed by atoms with Crippen molar-refractivity contribution < 1.29 is 24.6 Å². The van der Waals surface area contributed by atoms with E-state index in [-0.39, 0.29) is 42.2 Å². The number of aromatic nitrogens is 1. The summed E-state index contributed by atoms with van der Waals surface area (Å²) in [5.74, 6) is 1.50. The first-order valence-electron chi connectivity index (χ1n) is 20.0. The Morgan fingerprint density at radius 1 is 1.00 bits per heavy atom. The van der Waals surface area contributed by atoms with Crippen molar-refractivity contribution in [2.24, 2.45) is 40.3 Å². The van der Waals surface area contributed by atoms with Crippen molar-refractivity contribution in [3.05, 3.63) is 94.5 Å². The predicted octanol–water partition coefficient (Wildman–Crippen LogP) is 7.22. The molecule has 1 aromatic heterocycles. The zero-order chi connectivity index (χ0) is 37.6. The lowest BCUT2D eigenvalue weighted by atomic mass is 9.48. The van der Waals surface area contributed by atoms with Gasteiger partial charge in [-0.15, -0.1) is 0 Å². The third kappa shape index (κ3) is 8.04.